The highest BCUT2D eigenvalue weighted by atomic mass is 16.2. The van der Waals surface area contributed by atoms with Gasteiger partial charge in [0, 0.05) is 135 Å². The third-order valence-electron chi connectivity index (χ3n) is 20.9. The van der Waals surface area contributed by atoms with Crippen LogP contribution in [-0.4, -0.2) is 194 Å². The van der Waals surface area contributed by atoms with Crippen molar-refractivity contribution < 1.29 is 171 Å². The molecule has 6 aliphatic carbocycles. The van der Waals surface area contributed by atoms with Gasteiger partial charge in [-0.15, -0.1) is 0 Å². The Hall–Kier alpha value is -7.95. The Labute approximate surface area is 779 Å². The maximum atomic E-state index is 15.1. The molecule has 3 heterocycles. The number of carbonyl (C=O) groups is 15. The van der Waals surface area contributed by atoms with Gasteiger partial charge in [0.25, 0.3) is 17.7 Å². The molecule has 3 unspecified atom stereocenters. The number of piperidine rings is 3. The van der Waals surface area contributed by atoms with Crippen LogP contribution in [0.4, 0.5) is 14.4 Å². The zero-order chi connectivity index (χ0) is 146. The van der Waals surface area contributed by atoms with E-state index in [1.807, 2.05) is 0 Å². The fourth-order valence-electron chi connectivity index (χ4n) is 14.8. The predicted octanol–water partition coefficient (Wildman–Crippen LogP) is 6.65. The normalized spacial score (nSPS) is 40.8. The summed E-state index contributed by atoms with van der Waals surface area (Å²) < 4.78 is 582. The number of nitrogens with two attached hydrogens (primary N) is 3. The summed E-state index contributed by atoms with van der Waals surface area (Å²) in [7, 11) is 0. The first-order chi connectivity index (χ1) is 80.7. The highest BCUT2D eigenvalue weighted by Crippen LogP contribution is 2.67. The van der Waals surface area contributed by atoms with Gasteiger partial charge < -0.3 is 79.8 Å². The average Bonchev–Trinajstić information content (AvgIpc) is 1.49. The number of nitrogens with zero attached hydrogens (tertiary/aromatic N) is 3. The number of rotatable bonds is 24. The van der Waals surface area contributed by atoms with E-state index >= 15 is 4.79 Å². The second-order valence-electron chi connectivity index (χ2n) is 30.0. The standard InChI is InChI=1S/C28H47N5O5.2C27H45N5O5.2CH4/c1-14-10-15(11-14)12-17(20(34)22(29)35)30-23(36)19-18-16(28(18,8)9)13-33(19)24(37)21(26(2,3)4)31-25(38)32-27(5,6)7;2*1-25(2,3)20(30-24(37)31-26(4,5)6)23(36)32-13-15-17(27(15,7)8)18(32)22(35)29-16(19(33)21(28)34)12-14-10-9-11-14;;/h14-19,21H,10-13H2,1-9H3,(H2,29,35)(H,30,36)(H2,31,32,38);2*14-18,20H,9-13H2,1-8H3,(H2,28,34)(H,29,35)(H2,30,31,37);2*1H4/t14?,15?,16-,17-,18?,19-,21+;2*15-,16-,17?,18-,20+;;/m000../s1/i2D3,3D3,4D3,5D3,6D3,7D3,8D3,9D3,10D2,11D2,14D,15D;1D3,2D3,3D3,4D3,5D3,6D3,7D3,8D3;1D3,2D3,3D3,4D3,5D3,6D3;;. The number of amides is 15. The van der Waals surface area contributed by atoms with Crippen LogP contribution in [0.3, 0.4) is 0 Å². The fourth-order valence-corrected chi connectivity index (χ4v) is 14.8. The van der Waals surface area contributed by atoms with Crippen molar-refractivity contribution in [2.45, 2.75) is 328 Å². The maximum absolute atomic E-state index is 15.1. The number of urea groups is 3. The van der Waals surface area contributed by atoms with E-state index in [2.05, 4.69) is 10.6 Å². The van der Waals surface area contributed by atoms with Gasteiger partial charge in [-0.25, -0.2) is 14.4 Å². The lowest BCUT2D eigenvalue weighted by Gasteiger charge is -2.39. The Bertz CT molecular complexity index is 6260. The number of ketones is 3. The van der Waals surface area contributed by atoms with E-state index in [0.717, 1.165) is 18.7 Å². The van der Waals surface area contributed by atoms with Gasteiger partial charge in [0.1, 0.15) is 36.3 Å². The molecular weight excluding hydrogens is 1460 g/mol. The van der Waals surface area contributed by atoms with E-state index in [1.165, 1.54) is 26.6 Å². The first-order valence-electron chi connectivity index (χ1n) is 70.3. The third-order valence-corrected chi connectivity index (χ3v) is 20.9. The van der Waals surface area contributed by atoms with E-state index in [0.29, 0.717) is 37.0 Å². The Morgan fingerprint density at radius 2 is 0.675 bits per heavy atom. The topological polar surface area (TPSA) is 452 Å². The maximum Gasteiger partial charge on any atom is 0.315 e. The van der Waals surface area contributed by atoms with Gasteiger partial charge in [0.05, 0.1) is 18.1 Å². The van der Waals surface area contributed by atoms with Crippen molar-refractivity contribution in [3.05, 3.63) is 0 Å². The lowest BCUT2D eigenvalue weighted by Crippen LogP contribution is -2.62. The van der Waals surface area contributed by atoms with Crippen molar-refractivity contribution in [3.63, 3.8) is 0 Å². The molecule has 3 saturated heterocycles. The van der Waals surface area contributed by atoms with Gasteiger partial charge in [-0.3, -0.25) is 57.5 Å². The van der Waals surface area contributed by atoms with Crippen molar-refractivity contribution >= 4 is 88.6 Å². The molecule has 0 radical (unpaired) electrons. The first-order valence-corrected chi connectivity index (χ1v) is 34.3. The zero-order valence-corrected chi connectivity index (χ0v) is 60.0. The first kappa shape index (κ1) is 35.3. The van der Waals surface area contributed by atoms with Crippen molar-refractivity contribution in [2.75, 3.05) is 19.6 Å². The fraction of sp³-hybridized carbons (Fsp3) is 0.821. The molecular formula is C84H145N15O15. The van der Waals surface area contributed by atoms with Crippen molar-refractivity contribution in [1.29, 1.82) is 0 Å². The molecule has 15 amide bonds. The molecule has 0 aromatic heterocycles. The lowest BCUT2D eigenvalue weighted by molar-refractivity contribution is -0.145. The quantitative estimate of drug-likeness (QED) is 0.0450. The molecule has 646 valence electrons. The molecule has 30 nitrogen and oxygen atoms in total. The summed E-state index contributed by atoms with van der Waals surface area (Å²) in [5.74, 6) is -36.3. The molecule has 9 fully saturated rings. The van der Waals surface area contributed by atoms with E-state index in [9.17, 15) is 67.1 Å². The molecule has 30 heteroatoms. The molecule has 114 heavy (non-hydrogen) atoms. The summed E-state index contributed by atoms with van der Waals surface area (Å²) in [6.07, 6.45) is -4.53. The predicted molar refractivity (Wildman–Crippen MR) is 435 cm³/mol. The van der Waals surface area contributed by atoms with Crippen LogP contribution >= 0.6 is 0 Å². The molecule has 9 aliphatic rings. The Kier molecular flexibility index (Phi) is 10.9. The van der Waals surface area contributed by atoms with Gasteiger partial charge in [-0.1, -0.05) is 163 Å². The lowest BCUT2D eigenvalue weighted by atomic mass is 9.72. The summed E-state index contributed by atoms with van der Waals surface area (Å²) >= 11 is 0. The number of primary amides is 3. The molecule has 0 bridgehead atoms. The minimum Gasteiger partial charge on any atom is -0.363 e. The van der Waals surface area contributed by atoms with E-state index < -0.39 is 429 Å². The number of hydrogen-bond acceptors (Lipinski definition) is 15. The highest BCUT2D eigenvalue weighted by Gasteiger charge is 2.73. The molecule has 0 spiro atoms. The second-order valence-corrected chi connectivity index (χ2v) is 30.0. The number of nitrogens with one attached hydrogen (secondary N) is 9. The number of Topliss-reactive ketones (excluding diaryl/α,β-unsaturated/α-hetero) is 3. The summed E-state index contributed by atoms with van der Waals surface area (Å²) in [6, 6.07) is -30.9. The smallest absolute Gasteiger partial charge is 0.315 e. The number of carbonyl (C=O) groups excluding carboxylic acids is 15. The summed E-state index contributed by atoms with van der Waals surface area (Å²) in [6.45, 7) is -91.1. The summed E-state index contributed by atoms with van der Waals surface area (Å²) in [4.78, 5) is 205. The van der Waals surface area contributed by atoms with Crippen molar-refractivity contribution in [1.82, 2.24) is 62.6 Å². The monoisotopic (exact) mass is 1680 g/mol. The Morgan fingerprint density at radius 1 is 0.412 bits per heavy atom. The number of likely N-dealkylation sites (tertiary alicyclic amines) is 3. The molecule has 6 saturated carbocycles. The molecule has 3 aliphatic heterocycles. The molecule has 15 N–H and O–H groups in total. The minimum atomic E-state index is -4.70. The average molecular weight is 1680 g/mol. The van der Waals surface area contributed by atoms with Gasteiger partial charge in [0.15, 0.2) is 0 Å². The van der Waals surface area contributed by atoms with Crippen molar-refractivity contribution in [2.24, 2.45) is 109 Å². The third kappa shape index (κ3) is 23.0. The molecule has 0 aromatic carbocycles. The van der Waals surface area contributed by atoms with Gasteiger partial charge in [0.2, 0.25) is 52.8 Å². The highest BCUT2D eigenvalue weighted by molar-refractivity contribution is 6.39. The second kappa shape index (κ2) is 35.1. The van der Waals surface area contributed by atoms with E-state index in [4.69, 9.17) is 116 Å². The van der Waals surface area contributed by atoms with Crippen LogP contribution in [-0.2, 0) is 57.5 Å². The minimum absolute atomic E-state index is 0. The van der Waals surface area contributed by atoms with Crippen molar-refractivity contribution in [3.8, 4) is 0 Å². The van der Waals surface area contributed by atoms with Crippen LogP contribution in [0, 0.1) is 91.6 Å². The van der Waals surface area contributed by atoms with Gasteiger partial charge in [-0.05, 0) is 185 Å². The molecule has 9 rings (SSSR count). The van der Waals surface area contributed by atoms with E-state index in [-0.39, 0.29) is 49.3 Å². The van der Waals surface area contributed by atoms with Gasteiger partial charge in [-0.2, -0.15) is 0 Å². The van der Waals surface area contributed by atoms with E-state index in [1.54, 1.807) is 19.2 Å². The van der Waals surface area contributed by atoms with Gasteiger partial charge >= 0.3 is 18.1 Å². The zero-order valence-electron chi connectivity index (χ0n) is 132. The molecule has 15 atom stereocenters. The summed E-state index contributed by atoms with van der Waals surface area (Å²) in [5, 5.41) is 14.0. The van der Waals surface area contributed by atoms with Crippen LogP contribution in [0.2, 0.25) is 0 Å². The van der Waals surface area contributed by atoms with Crippen LogP contribution < -0.4 is 65.1 Å². The van der Waals surface area contributed by atoms with Crippen LogP contribution in [0.1, 0.15) is 356 Å². The van der Waals surface area contributed by atoms with Crippen LogP contribution in [0.5, 0.6) is 0 Å². The van der Waals surface area contributed by atoms with Crippen LogP contribution in [0.25, 0.3) is 0 Å². The molecule has 0 aromatic rings. The van der Waals surface area contributed by atoms with Crippen LogP contribution in [0.15, 0.2) is 0 Å². The largest absolute Gasteiger partial charge is 0.363 e. The number of hydrogen-bond donors (Lipinski definition) is 12. The summed E-state index contributed by atoms with van der Waals surface area (Å²) in [5.41, 5.74) is -17.5. The Morgan fingerprint density at radius 3 is 0.912 bits per heavy atom. The Balaban J connectivity index is 0.000000485. The SMILES string of the molecule is C.C.[2H]C([2H])([2H])C(NC(=O)N[C@H](C(=O)N1C[C@H]2C([C@H]1C(=O)N[C@@H](CC1CCC1)C(=O)C(N)=O)C2(C)C)C(C([2H])([2H])[2H])(C([2H])([2H])[2H])C([2H])([2H])[2H])(C([2H])([2H])[2H])C([2H])([2H])[2H].[2H]C([2H])([2H])C1(C([2H])([2H])[2H])C2[C@@H](C(=O)N[C@@H](CC3([2H])C([2H])([2H])C([2H])(C)C3([2H])[2H])C(=O)C(N)=O)N(C(=O)[C@@H](NC(=O)NC(C([2H])([2H])[2H])(C([2H])([2H])[2H])C([2H])([2H])[2H])C(C([2H])([2H])[2H])(C([2H])([2H])[2H])C([2H])([2H])[2H])C[C@@H]21.[2H]C([2H])([2H])C1(C([2H])([2H])[2H])C2[C@@H](C(=O)N[C@@H](CC3CCC3)C(=O)C(N)=O)N(C(=O)[C@@H](NC(=O)NC(C([2H])([2H])[2H])(C([2H])([2H])[2H])C([2H])([2H])[2H])C(C([2H])([2H])[2H])(C([2H])([2H])[2H])C([2H])([2H])[2H])C[C@@H]21. The number of fused-ring (bicyclic) bond motifs is 3.